The summed E-state index contributed by atoms with van der Waals surface area (Å²) in [5, 5.41) is 18.6. The summed E-state index contributed by atoms with van der Waals surface area (Å²) in [6.07, 6.45) is 0. The van der Waals surface area contributed by atoms with Crippen molar-refractivity contribution in [1.82, 2.24) is 0 Å². The van der Waals surface area contributed by atoms with E-state index in [2.05, 4.69) is 9.47 Å². The van der Waals surface area contributed by atoms with Gasteiger partial charge in [0.1, 0.15) is 22.6 Å². The molecule has 2 rings (SSSR count). The molecule has 0 heterocycles. The molecule has 2 aromatic carbocycles. The predicted molar refractivity (Wildman–Crippen MR) is 89.6 cm³/mol. The summed E-state index contributed by atoms with van der Waals surface area (Å²) in [6.45, 7) is 0. The van der Waals surface area contributed by atoms with Crippen molar-refractivity contribution in [2.45, 2.75) is 0 Å². The molecule has 9 heteroatoms. The fourth-order valence-corrected chi connectivity index (χ4v) is 2.34. The summed E-state index contributed by atoms with van der Waals surface area (Å²) in [7, 11) is 2.21. The van der Waals surface area contributed by atoms with Crippen LogP contribution >= 0.6 is 0 Å². The zero-order chi connectivity index (χ0) is 20.1. The molecule has 2 N–H and O–H groups in total. The maximum absolute atomic E-state index is 12.1. The Morgan fingerprint density at radius 1 is 0.704 bits per heavy atom. The Morgan fingerprint density at radius 3 is 1.70 bits per heavy atom. The van der Waals surface area contributed by atoms with Crippen molar-refractivity contribution < 1.29 is 43.6 Å². The van der Waals surface area contributed by atoms with E-state index in [1.165, 1.54) is 30.3 Å². The van der Waals surface area contributed by atoms with Crippen LogP contribution in [-0.2, 0) is 9.47 Å². The van der Waals surface area contributed by atoms with Crippen LogP contribution in [-0.4, -0.2) is 48.3 Å². The van der Waals surface area contributed by atoms with Crippen LogP contribution in [0.1, 0.15) is 41.4 Å². The second-order valence-electron chi connectivity index (χ2n) is 5.05. The van der Waals surface area contributed by atoms with Gasteiger partial charge >= 0.3 is 23.9 Å². The summed E-state index contributed by atoms with van der Waals surface area (Å²) in [4.78, 5) is 46.9. The second-order valence-corrected chi connectivity index (χ2v) is 5.05. The lowest BCUT2D eigenvalue weighted by Gasteiger charge is -2.15. The lowest BCUT2D eigenvalue weighted by Crippen LogP contribution is -2.14. The lowest BCUT2D eigenvalue weighted by molar-refractivity contribution is 0.0552. The van der Waals surface area contributed by atoms with Gasteiger partial charge in [0.2, 0.25) is 0 Å². The Kier molecular flexibility index (Phi) is 5.76. The molecule has 0 fully saturated rings. The molecule has 0 atom stereocenters. The zero-order valence-corrected chi connectivity index (χ0v) is 14.2. The number of hydrogen-bond donors (Lipinski definition) is 2. The third kappa shape index (κ3) is 3.87. The van der Waals surface area contributed by atoms with Gasteiger partial charge in [0, 0.05) is 0 Å². The number of benzene rings is 2. The third-order valence-corrected chi connectivity index (χ3v) is 3.51. The van der Waals surface area contributed by atoms with Crippen LogP contribution in [0.5, 0.6) is 11.5 Å². The van der Waals surface area contributed by atoms with E-state index in [-0.39, 0.29) is 22.6 Å². The number of carboxylic acid groups (broad SMARTS) is 2. The summed E-state index contributed by atoms with van der Waals surface area (Å²) in [5.74, 6) is -5.28. The van der Waals surface area contributed by atoms with Gasteiger partial charge in [-0.25, -0.2) is 19.2 Å². The molecule has 0 saturated heterocycles. The molecular formula is C18H14O9. The Morgan fingerprint density at radius 2 is 1.22 bits per heavy atom. The average molecular weight is 374 g/mol. The number of hydrogen-bond acceptors (Lipinski definition) is 7. The highest BCUT2D eigenvalue weighted by Gasteiger charge is 2.26. The van der Waals surface area contributed by atoms with E-state index in [1.54, 1.807) is 0 Å². The van der Waals surface area contributed by atoms with Gasteiger partial charge in [0.15, 0.2) is 0 Å². The average Bonchev–Trinajstić information content (AvgIpc) is 2.66. The fraction of sp³-hybridized carbons (Fsp3) is 0.111. The van der Waals surface area contributed by atoms with Crippen molar-refractivity contribution >= 4 is 23.9 Å². The van der Waals surface area contributed by atoms with E-state index in [9.17, 15) is 29.4 Å². The van der Waals surface area contributed by atoms with Gasteiger partial charge in [-0.15, -0.1) is 0 Å². The molecule has 0 aliphatic rings. The molecule has 2 aromatic rings. The number of aromatic carboxylic acids is 2. The molecule has 0 saturated carbocycles. The molecule has 0 aliphatic heterocycles. The van der Waals surface area contributed by atoms with Crippen molar-refractivity contribution in [3.63, 3.8) is 0 Å². The van der Waals surface area contributed by atoms with E-state index < -0.39 is 35.0 Å². The first-order valence-corrected chi connectivity index (χ1v) is 7.38. The van der Waals surface area contributed by atoms with Crippen LogP contribution < -0.4 is 4.74 Å². The molecule has 0 bridgehead atoms. The van der Waals surface area contributed by atoms with E-state index >= 15 is 0 Å². The van der Waals surface area contributed by atoms with Crippen molar-refractivity contribution in [3.8, 4) is 11.5 Å². The molecule has 0 amide bonds. The summed E-state index contributed by atoms with van der Waals surface area (Å²) >= 11 is 0. The first kappa shape index (κ1) is 19.4. The quantitative estimate of drug-likeness (QED) is 0.730. The minimum atomic E-state index is -1.54. The minimum absolute atomic E-state index is 0.159. The van der Waals surface area contributed by atoms with E-state index in [1.807, 2.05) is 0 Å². The smallest absolute Gasteiger partial charge is 0.342 e. The van der Waals surface area contributed by atoms with Crippen LogP contribution in [0.4, 0.5) is 0 Å². The van der Waals surface area contributed by atoms with Crippen molar-refractivity contribution in [2.24, 2.45) is 0 Å². The highest BCUT2D eigenvalue weighted by Crippen LogP contribution is 2.32. The van der Waals surface area contributed by atoms with Gasteiger partial charge in [-0.3, -0.25) is 0 Å². The van der Waals surface area contributed by atoms with Crippen molar-refractivity contribution in [1.29, 1.82) is 0 Å². The number of esters is 2. The van der Waals surface area contributed by atoms with Gasteiger partial charge in [0.05, 0.1) is 25.3 Å². The van der Waals surface area contributed by atoms with Gasteiger partial charge in [-0.2, -0.15) is 0 Å². The van der Waals surface area contributed by atoms with E-state index in [0.29, 0.717) is 0 Å². The summed E-state index contributed by atoms with van der Waals surface area (Å²) in [5.41, 5.74) is -1.55. The number of carbonyl (C=O) groups excluding carboxylic acids is 2. The molecule has 0 spiro atoms. The Hall–Kier alpha value is -3.88. The molecular weight excluding hydrogens is 360 g/mol. The summed E-state index contributed by atoms with van der Waals surface area (Å²) < 4.78 is 14.8. The van der Waals surface area contributed by atoms with Crippen LogP contribution in [0, 0.1) is 0 Å². The fourth-order valence-electron chi connectivity index (χ4n) is 2.34. The molecule has 0 aliphatic carbocycles. The molecule has 140 valence electrons. The normalized spacial score (nSPS) is 10.0. The van der Waals surface area contributed by atoms with Crippen LogP contribution in [0.3, 0.4) is 0 Å². The first-order chi connectivity index (χ1) is 12.8. The monoisotopic (exact) mass is 374 g/mol. The molecule has 9 nitrogen and oxygen atoms in total. The Labute approximate surface area is 152 Å². The van der Waals surface area contributed by atoms with Gasteiger partial charge < -0.3 is 24.4 Å². The standard InChI is InChI=1S/C18H14O9/c1-25-17(23)10-6-4-8-12(14(10)18(24)26-2)27-11-7-3-5-9(15(19)20)13(11)16(21)22/h3-8H,1-2H3,(H,19,20)(H,21,22). The van der Waals surface area contributed by atoms with E-state index in [0.717, 1.165) is 20.3 Å². The molecule has 0 unspecified atom stereocenters. The largest absolute Gasteiger partial charge is 0.478 e. The number of rotatable bonds is 6. The van der Waals surface area contributed by atoms with Crippen LogP contribution in [0.2, 0.25) is 0 Å². The predicted octanol–water partition coefficient (Wildman–Crippen LogP) is 2.45. The zero-order valence-electron chi connectivity index (χ0n) is 14.2. The molecule has 27 heavy (non-hydrogen) atoms. The summed E-state index contributed by atoms with van der Waals surface area (Å²) in [6, 6.07) is 7.60. The maximum atomic E-state index is 12.1. The van der Waals surface area contributed by atoms with E-state index in [4.69, 9.17) is 4.74 Å². The number of ether oxygens (including phenoxy) is 3. The molecule has 0 aromatic heterocycles. The first-order valence-electron chi connectivity index (χ1n) is 7.38. The third-order valence-electron chi connectivity index (χ3n) is 3.51. The second kappa shape index (κ2) is 8.00. The number of carboxylic acids is 2. The van der Waals surface area contributed by atoms with Crippen molar-refractivity contribution in [2.75, 3.05) is 14.2 Å². The van der Waals surface area contributed by atoms with Gasteiger partial charge in [-0.05, 0) is 24.3 Å². The van der Waals surface area contributed by atoms with Crippen molar-refractivity contribution in [3.05, 3.63) is 58.7 Å². The van der Waals surface area contributed by atoms with Crippen LogP contribution in [0.25, 0.3) is 0 Å². The number of methoxy groups -OCH3 is 2. The maximum Gasteiger partial charge on any atom is 0.342 e. The topological polar surface area (TPSA) is 136 Å². The lowest BCUT2D eigenvalue weighted by atomic mass is 10.0. The SMILES string of the molecule is COC(=O)c1cccc(Oc2cccc(C(=O)O)c2C(=O)O)c1C(=O)OC. The highest BCUT2D eigenvalue weighted by molar-refractivity contribution is 6.06. The Balaban J connectivity index is 2.67. The Bertz CT molecular complexity index is 930. The molecule has 0 radical (unpaired) electrons. The van der Waals surface area contributed by atoms with Crippen LogP contribution in [0.15, 0.2) is 36.4 Å². The minimum Gasteiger partial charge on any atom is -0.478 e. The highest BCUT2D eigenvalue weighted by atomic mass is 16.5. The van der Waals surface area contributed by atoms with Gasteiger partial charge in [0.25, 0.3) is 0 Å². The number of carbonyl (C=O) groups is 4. The van der Waals surface area contributed by atoms with Gasteiger partial charge in [-0.1, -0.05) is 12.1 Å².